The summed E-state index contributed by atoms with van der Waals surface area (Å²) in [6.07, 6.45) is -7.90. The first-order chi connectivity index (χ1) is 7.76. The highest BCUT2D eigenvalue weighted by molar-refractivity contribution is 6.31. The molecule has 0 saturated carbocycles. The molecular weight excluding hydrogens is 271 g/mol. The lowest BCUT2D eigenvalue weighted by Gasteiger charge is -2.14. The number of hydrogen-bond acceptors (Lipinski definition) is 3. The zero-order valence-electron chi connectivity index (χ0n) is 7.73. The molecule has 1 aromatic heterocycles. The van der Waals surface area contributed by atoms with Crippen LogP contribution in [0.25, 0.3) is 0 Å². The molecule has 3 nitrogen and oxygen atoms in total. The van der Waals surface area contributed by atoms with Crippen LogP contribution in [-0.2, 0) is 0 Å². The average molecular weight is 273 g/mol. The topological polar surface area (TPSA) is 45.9 Å². The van der Waals surface area contributed by atoms with Crippen molar-refractivity contribution in [3.63, 3.8) is 0 Å². The molecule has 0 bridgehead atoms. The van der Waals surface area contributed by atoms with E-state index in [1.165, 1.54) is 6.07 Å². The molecule has 0 saturated heterocycles. The standard InChI is InChI=1S/C8H2ClF5N2O/c9-6-5(17-8(12,13)14)4(7(10)11)3(1-15)2-16-6/h2,7H. The number of ether oxygens (including phenoxy) is 1. The van der Waals surface area contributed by atoms with Crippen molar-refractivity contribution in [2.45, 2.75) is 12.8 Å². The minimum atomic E-state index is -5.21. The highest BCUT2D eigenvalue weighted by atomic mass is 35.5. The van der Waals surface area contributed by atoms with Crippen molar-refractivity contribution in [2.75, 3.05) is 0 Å². The normalized spacial score (nSPS) is 11.4. The molecule has 0 spiro atoms. The summed E-state index contributed by atoms with van der Waals surface area (Å²) >= 11 is 5.23. The fourth-order valence-corrected chi connectivity index (χ4v) is 1.19. The van der Waals surface area contributed by atoms with Crippen molar-refractivity contribution >= 4 is 11.6 Å². The quantitative estimate of drug-likeness (QED) is 0.612. The van der Waals surface area contributed by atoms with Crippen LogP contribution in [-0.4, -0.2) is 11.3 Å². The predicted octanol–water partition coefficient (Wildman–Crippen LogP) is 3.44. The number of hydrogen-bond donors (Lipinski definition) is 0. The Morgan fingerprint density at radius 3 is 2.41 bits per heavy atom. The van der Waals surface area contributed by atoms with E-state index in [-0.39, 0.29) is 0 Å². The third-order valence-corrected chi connectivity index (χ3v) is 1.85. The summed E-state index contributed by atoms with van der Waals surface area (Å²) < 4.78 is 64.3. The van der Waals surface area contributed by atoms with Crippen molar-refractivity contribution in [3.8, 4) is 11.8 Å². The van der Waals surface area contributed by atoms with E-state index in [4.69, 9.17) is 16.9 Å². The Hall–Kier alpha value is -1.62. The number of aromatic nitrogens is 1. The van der Waals surface area contributed by atoms with Gasteiger partial charge < -0.3 is 4.74 Å². The molecular formula is C8H2ClF5N2O. The SMILES string of the molecule is N#Cc1cnc(Cl)c(OC(F)(F)F)c1C(F)F. The van der Waals surface area contributed by atoms with Gasteiger partial charge in [-0.1, -0.05) is 11.6 Å². The third kappa shape index (κ3) is 3.17. The van der Waals surface area contributed by atoms with Crippen LogP contribution in [0, 0.1) is 11.3 Å². The zero-order valence-corrected chi connectivity index (χ0v) is 8.48. The summed E-state index contributed by atoms with van der Waals surface area (Å²) in [5.41, 5.74) is -1.96. The molecule has 0 aromatic carbocycles. The number of alkyl halides is 5. The van der Waals surface area contributed by atoms with E-state index >= 15 is 0 Å². The molecule has 0 atom stereocenters. The highest BCUT2D eigenvalue weighted by Crippen LogP contribution is 2.39. The van der Waals surface area contributed by atoms with Crippen molar-refractivity contribution < 1.29 is 26.7 Å². The van der Waals surface area contributed by atoms with E-state index in [1.54, 1.807) is 0 Å². The monoisotopic (exact) mass is 272 g/mol. The van der Waals surface area contributed by atoms with Crippen LogP contribution < -0.4 is 4.74 Å². The van der Waals surface area contributed by atoms with Gasteiger partial charge in [-0.2, -0.15) is 5.26 Å². The van der Waals surface area contributed by atoms with Crippen LogP contribution in [0.2, 0.25) is 5.15 Å². The van der Waals surface area contributed by atoms with Gasteiger partial charge in [0, 0.05) is 6.20 Å². The van der Waals surface area contributed by atoms with Crippen LogP contribution in [0.3, 0.4) is 0 Å². The maximum Gasteiger partial charge on any atom is 0.573 e. The summed E-state index contributed by atoms with van der Waals surface area (Å²) in [4.78, 5) is 3.16. The molecule has 0 aliphatic heterocycles. The lowest BCUT2D eigenvalue weighted by Crippen LogP contribution is -2.19. The van der Waals surface area contributed by atoms with Gasteiger partial charge in [-0.3, -0.25) is 0 Å². The van der Waals surface area contributed by atoms with Crippen LogP contribution in [0.4, 0.5) is 22.0 Å². The van der Waals surface area contributed by atoms with Gasteiger partial charge in [0.2, 0.25) is 0 Å². The number of nitrogens with zero attached hydrogens (tertiary/aromatic N) is 2. The molecule has 0 radical (unpaired) electrons. The highest BCUT2D eigenvalue weighted by Gasteiger charge is 2.36. The first-order valence-electron chi connectivity index (χ1n) is 3.88. The van der Waals surface area contributed by atoms with Gasteiger partial charge in [-0.15, -0.1) is 13.2 Å². The number of halogens is 6. The number of rotatable bonds is 2. The van der Waals surface area contributed by atoms with E-state index in [9.17, 15) is 22.0 Å². The predicted molar refractivity (Wildman–Crippen MR) is 45.6 cm³/mol. The van der Waals surface area contributed by atoms with Gasteiger partial charge >= 0.3 is 6.36 Å². The van der Waals surface area contributed by atoms with E-state index in [1.807, 2.05) is 0 Å². The molecule has 0 unspecified atom stereocenters. The van der Waals surface area contributed by atoms with E-state index < -0.39 is 34.8 Å². The second-order valence-corrected chi connectivity index (χ2v) is 3.02. The van der Waals surface area contributed by atoms with Crippen LogP contribution >= 0.6 is 11.6 Å². The lowest BCUT2D eigenvalue weighted by atomic mass is 10.1. The molecule has 9 heteroatoms. The first-order valence-corrected chi connectivity index (χ1v) is 4.26. The molecule has 0 aliphatic carbocycles. The third-order valence-electron chi connectivity index (χ3n) is 1.59. The Labute approximate surface area is 96.4 Å². The summed E-state index contributed by atoms with van der Waals surface area (Å²) in [7, 11) is 0. The van der Waals surface area contributed by atoms with Gasteiger partial charge in [0.25, 0.3) is 6.43 Å². The van der Waals surface area contributed by atoms with Gasteiger partial charge in [0.05, 0.1) is 11.1 Å². The Morgan fingerprint density at radius 2 is 2.00 bits per heavy atom. The maximum absolute atomic E-state index is 12.5. The minimum absolute atomic E-state index is 0.646. The average Bonchev–Trinajstić information content (AvgIpc) is 2.18. The Kier molecular flexibility index (Phi) is 3.72. The largest absolute Gasteiger partial charge is 0.573 e. The van der Waals surface area contributed by atoms with Crippen LogP contribution in [0.15, 0.2) is 6.20 Å². The number of pyridine rings is 1. The van der Waals surface area contributed by atoms with E-state index in [0.29, 0.717) is 6.20 Å². The van der Waals surface area contributed by atoms with Crippen molar-refractivity contribution in [1.82, 2.24) is 4.98 Å². The van der Waals surface area contributed by atoms with E-state index in [0.717, 1.165) is 0 Å². The minimum Gasteiger partial charge on any atom is -0.402 e. The lowest BCUT2D eigenvalue weighted by molar-refractivity contribution is -0.275. The van der Waals surface area contributed by atoms with Gasteiger partial charge in [0.1, 0.15) is 6.07 Å². The van der Waals surface area contributed by atoms with Crippen molar-refractivity contribution in [3.05, 3.63) is 22.5 Å². The Balaban J connectivity index is 3.41. The second kappa shape index (κ2) is 4.71. The molecule has 1 rings (SSSR count). The maximum atomic E-state index is 12.5. The molecule has 1 aromatic rings. The Bertz CT molecular complexity index is 468. The summed E-state index contributed by atoms with van der Waals surface area (Å²) in [5.74, 6) is -1.35. The molecule has 0 N–H and O–H groups in total. The summed E-state index contributed by atoms with van der Waals surface area (Å²) in [6.45, 7) is 0. The molecule has 0 aliphatic rings. The van der Waals surface area contributed by atoms with Gasteiger partial charge in [-0.05, 0) is 0 Å². The Morgan fingerprint density at radius 1 is 1.41 bits per heavy atom. The molecule has 0 amide bonds. The fourth-order valence-electron chi connectivity index (χ4n) is 1.00. The molecule has 0 fully saturated rings. The molecule has 17 heavy (non-hydrogen) atoms. The first kappa shape index (κ1) is 13.4. The molecule has 1 heterocycles. The van der Waals surface area contributed by atoms with Gasteiger partial charge in [0.15, 0.2) is 10.9 Å². The second-order valence-electron chi connectivity index (χ2n) is 2.67. The van der Waals surface area contributed by atoms with Crippen molar-refractivity contribution in [2.24, 2.45) is 0 Å². The smallest absolute Gasteiger partial charge is 0.402 e. The van der Waals surface area contributed by atoms with E-state index in [2.05, 4.69) is 9.72 Å². The van der Waals surface area contributed by atoms with Crippen LogP contribution in [0.1, 0.15) is 17.6 Å². The van der Waals surface area contributed by atoms with Crippen LogP contribution in [0.5, 0.6) is 5.75 Å². The molecule has 92 valence electrons. The zero-order chi connectivity index (χ0) is 13.2. The number of nitriles is 1. The summed E-state index contributed by atoms with van der Waals surface area (Å²) in [6, 6.07) is 1.28. The fraction of sp³-hybridized carbons (Fsp3) is 0.250. The van der Waals surface area contributed by atoms with Crippen molar-refractivity contribution in [1.29, 1.82) is 5.26 Å². The van der Waals surface area contributed by atoms with Gasteiger partial charge in [-0.25, -0.2) is 13.8 Å². The summed E-state index contributed by atoms with van der Waals surface area (Å²) in [5, 5.41) is 7.59.